The van der Waals surface area contributed by atoms with Gasteiger partial charge in [-0.3, -0.25) is 0 Å². The van der Waals surface area contributed by atoms with Gasteiger partial charge >= 0.3 is 0 Å². The molecule has 0 bridgehead atoms. The average molecular weight is 179 g/mol. The van der Waals surface area contributed by atoms with Crippen LogP contribution in [0, 0.1) is 5.92 Å². The number of rotatable bonds is 2. The molecule has 0 aromatic carbocycles. The smallest absolute Gasteiger partial charge is 0.0359 e. The van der Waals surface area contributed by atoms with Gasteiger partial charge in [-0.2, -0.15) is 0 Å². The van der Waals surface area contributed by atoms with Crippen molar-refractivity contribution < 1.29 is 0 Å². The highest BCUT2D eigenvalue weighted by atomic mass is 15.1. The van der Waals surface area contributed by atoms with Gasteiger partial charge < -0.3 is 4.90 Å². The normalized spacial score (nSPS) is 18.0. The molecule has 0 saturated carbocycles. The minimum Gasteiger partial charge on any atom is -0.372 e. The van der Waals surface area contributed by atoms with E-state index in [0.717, 1.165) is 13.0 Å². The van der Waals surface area contributed by atoms with Crippen LogP contribution in [0.15, 0.2) is 23.9 Å². The van der Waals surface area contributed by atoms with Gasteiger partial charge in [0.25, 0.3) is 0 Å². The topological polar surface area (TPSA) is 3.24 Å². The summed E-state index contributed by atoms with van der Waals surface area (Å²) < 4.78 is 0. The zero-order valence-corrected chi connectivity index (χ0v) is 9.25. The third-order valence-electron chi connectivity index (χ3n) is 2.62. The molecule has 0 atom stereocenters. The van der Waals surface area contributed by atoms with Crippen LogP contribution in [-0.2, 0) is 0 Å². The second-order valence-electron chi connectivity index (χ2n) is 4.31. The van der Waals surface area contributed by atoms with Gasteiger partial charge in [0.2, 0.25) is 0 Å². The Morgan fingerprint density at radius 3 is 2.46 bits per heavy atom. The SMILES string of the molecule is CC(C)C1=CCN(C(C)C)C=CC1. The summed E-state index contributed by atoms with van der Waals surface area (Å²) in [6.07, 6.45) is 8.01. The monoisotopic (exact) mass is 179 g/mol. The summed E-state index contributed by atoms with van der Waals surface area (Å²) in [6, 6.07) is 0.610. The molecule has 1 aliphatic rings. The fourth-order valence-corrected chi connectivity index (χ4v) is 1.55. The lowest BCUT2D eigenvalue weighted by Gasteiger charge is -2.22. The highest BCUT2D eigenvalue weighted by molar-refractivity contribution is 5.14. The van der Waals surface area contributed by atoms with Crippen LogP contribution in [0.2, 0.25) is 0 Å². The predicted octanol–water partition coefficient (Wildman–Crippen LogP) is 3.20. The lowest BCUT2D eigenvalue weighted by molar-refractivity contribution is 0.343. The van der Waals surface area contributed by atoms with E-state index in [1.54, 1.807) is 5.57 Å². The Labute approximate surface area is 82.1 Å². The van der Waals surface area contributed by atoms with Crippen LogP contribution < -0.4 is 0 Å². The zero-order chi connectivity index (χ0) is 9.84. The Hall–Kier alpha value is -0.720. The molecule has 0 aromatic heterocycles. The minimum atomic E-state index is 0.610. The summed E-state index contributed by atoms with van der Waals surface area (Å²) in [5.74, 6) is 0.691. The highest BCUT2D eigenvalue weighted by Gasteiger charge is 2.08. The van der Waals surface area contributed by atoms with Crippen molar-refractivity contribution in [2.45, 2.75) is 40.2 Å². The molecular formula is C12H21N. The first-order valence-electron chi connectivity index (χ1n) is 5.22. The standard InChI is InChI=1S/C12H21N/c1-10(2)12-6-5-8-13(9-7-12)11(3)4/h5,7-8,10-11H,6,9H2,1-4H3. The van der Waals surface area contributed by atoms with Crippen molar-refractivity contribution in [2.75, 3.05) is 6.54 Å². The largest absolute Gasteiger partial charge is 0.372 e. The van der Waals surface area contributed by atoms with E-state index in [9.17, 15) is 0 Å². The number of hydrogen-bond acceptors (Lipinski definition) is 1. The second kappa shape index (κ2) is 4.50. The molecule has 0 amide bonds. The van der Waals surface area contributed by atoms with E-state index in [1.807, 2.05) is 0 Å². The van der Waals surface area contributed by atoms with Gasteiger partial charge in [0, 0.05) is 12.6 Å². The van der Waals surface area contributed by atoms with Crippen molar-refractivity contribution in [2.24, 2.45) is 5.92 Å². The molecule has 1 nitrogen and oxygen atoms in total. The van der Waals surface area contributed by atoms with E-state index in [-0.39, 0.29) is 0 Å². The lowest BCUT2D eigenvalue weighted by atomic mass is 10.0. The van der Waals surface area contributed by atoms with Crippen LogP contribution in [0.25, 0.3) is 0 Å². The number of hydrogen-bond donors (Lipinski definition) is 0. The van der Waals surface area contributed by atoms with Crippen LogP contribution in [0.3, 0.4) is 0 Å². The third kappa shape index (κ3) is 2.91. The van der Waals surface area contributed by atoms with Crippen LogP contribution in [0.1, 0.15) is 34.1 Å². The molecule has 0 N–H and O–H groups in total. The molecule has 74 valence electrons. The molecule has 0 unspecified atom stereocenters. The Kier molecular flexibility index (Phi) is 3.58. The minimum absolute atomic E-state index is 0.610. The maximum atomic E-state index is 2.38. The van der Waals surface area contributed by atoms with E-state index in [2.05, 4.69) is 50.9 Å². The molecule has 0 spiro atoms. The first kappa shape index (κ1) is 10.4. The van der Waals surface area contributed by atoms with Gasteiger partial charge in [0.15, 0.2) is 0 Å². The average Bonchev–Trinajstić information content (AvgIpc) is 2.27. The van der Waals surface area contributed by atoms with E-state index >= 15 is 0 Å². The van der Waals surface area contributed by atoms with Crippen LogP contribution in [0.5, 0.6) is 0 Å². The summed E-state index contributed by atoms with van der Waals surface area (Å²) >= 11 is 0. The van der Waals surface area contributed by atoms with Gasteiger partial charge in [-0.25, -0.2) is 0 Å². The van der Waals surface area contributed by atoms with Gasteiger partial charge in [0.1, 0.15) is 0 Å². The molecule has 13 heavy (non-hydrogen) atoms. The van der Waals surface area contributed by atoms with E-state index < -0.39 is 0 Å². The maximum absolute atomic E-state index is 2.38. The molecular weight excluding hydrogens is 158 g/mol. The summed E-state index contributed by atoms with van der Waals surface area (Å²) in [6.45, 7) is 10.1. The second-order valence-corrected chi connectivity index (χ2v) is 4.31. The third-order valence-corrected chi connectivity index (χ3v) is 2.62. The van der Waals surface area contributed by atoms with E-state index in [1.165, 1.54) is 0 Å². The Balaban J connectivity index is 2.64. The Morgan fingerprint density at radius 1 is 1.23 bits per heavy atom. The molecule has 1 aliphatic heterocycles. The summed E-state index contributed by atoms with van der Waals surface area (Å²) in [7, 11) is 0. The van der Waals surface area contributed by atoms with Crippen molar-refractivity contribution in [1.82, 2.24) is 4.90 Å². The van der Waals surface area contributed by atoms with Gasteiger partial charge in [-0.15, -0.1) is 0 Å². The van der Waals surface area contributed by atoms with Crippen LogP contribution in [0.4, 0.5) is 0 Å². The van der Waals surface area contributed by atoms with Crippen LogP contribution in [-0.4, -0.2) is 17.5 Å². The van der Waals surface area contributed by atoms with Crippen molar-refractivity contribution in [3.05, 3.63) is 23.9 Å². The predicted molar refractivity (Wildman–Crippen MR) is 58.5 cm³/mol. The number of allylic oxidation sites excluding steroid dienone is 2. The molecule has 1 heteroatoms. The molecule has 1 rings (SSSR count). The van der Waals surface area contributed by atoms with Gasteiger partial charge in [0.05, 0.1) is 0 Å². The zero-order valence-electron chi connectivity index (χ0n) is 9.25. The molecule has 0 aromatic rings. The lowest BCUT2D eigenvalue weighted by Crippen LogP contribution is -2.24. The van der Waals surface area contributed by atoms with Crippen LogP contribution >= 0.6 is 0 Å². The quantitative estimate of drug-likeness (QED) is 0.588. The van der Waals surface area contributed by atoms with Crippen molar-refractivity contribution in [3.8, 4) is 0 Å². The van der Waals surface area contributed by atoms with E-state index in [4.69, 9.17) is 0 Å². The molecule has 0 aliphatic carbocycles. The summed E-state index contributed by atoms with van der Waals surface area (Å²) in [4.78, 5) is 2.37. The van der Waals surface area contributed by atoms with Crippen molar-refractivity contribution in [1.29, 1.82) is 0 Å². The number of nitrogens with zero attached hydrogens (tertiary/aromatic N) is 1. The maximum Gasteiger partial charge on any atom is 0.0359 e. The first-order chi connectivity index (χ1) is 6.11. The fourth-order valence-electron chi connectivity index (χ4n) is 1.55. The summed E-state index contributed by atoms with van der Waals surface area (Å²) in [5.41, 5.74) is 1.57. The fraction of sp³-hybridized carbons (Fsp3) is 0.667. The van der Waals surface area contributed by atoms with Crippen molar-refractivity contribution >= 4 is 0 Å². The molecule has 0 radical (unpaired) electrons. The molecule has 0 fully saturated rings. The van der Waals surface area contributed by atoms with Gasteiger partial charge in [-0.05, 0) is 32.4 Å². The Morgan fingerprint density at radius 2 is 1.92 bits per heavy atom. The highest BCUT2D eigenvalue weighted by Crippen LogP contribution is 2.18. The molecule has 1 heterocycles. The Bertz CT molecular complexity index is 211. The van der Waals surface area contributed by atoms with Crippen molar-refractivity contribution in [3.63, 3.8) is 0 Å². The molecule has 0 saturated heterocycles. The van der Waals surface area contributed by atoms with E-state index in [0.29, 0.717) is 12.0 Å². The summed E-state index contributed by atoms with van der Waals surface area (Å²) in [5, 5.41) is 0. The first-order valence-corrected chi connectivity index (χ1v) is 5.22. The van der Waals surface area contributed by atoms with Gasteiger partial charge in [-0.1, -0.05) is 31.6 Å².